The summed E-state index contributed by atoms with van der Waals surface area (Å²) in [6.07, 6.45) is 1.40. The number of hydrogen-bond donors (Lipinski definition) is 3. The Bertz CT molecular complexity index is 1450. The van der Waals surface area contributed by atoms with E-state index in [0.29, 0.717) is 23.6 Å². The lowest BCUT2D eigenvalue weighted by atomic mass is 10.1. The summed E-state index contributed by atoms with van der Waals surface area (Å²) in [6, 6.07) is 30.7. The normalized spacial score (nSPS) is 10.6. The van der Waals surface area contributed by atoms with Gasteiger partial charge < -0.3 is 15.4 Å². The van der Waals surface area contributed by atoms with E-state index in [1.165, 1.54) is 6.21 Å². The summed E-state index contributed by atoms with van der Waals surface area (Å²) in [5.74, 6) is -1.80. The average Bonchev–Trinajstić information content (AvgIpc) is 2.94. The maximum absolute atomic E-state index is 12.8. The van der Waals surface area contributed by atoms with Gasteiger partial charge in [-0.2, -0.15) is 5.10 Å². The Morgan fingerprint density at radius 1 is 0.763 bits per heavy atom. The molecule has 0 saturated heterocycles. The van der Waals surface area contributed by atoms with Crippen molar-refractivity contribution in [2.24, 2.45) is 5.10 Å². The van der Waals surface area contributed by atoms with Gasteiger partial charge in [-0.3, -0.25) is 14.4 Å². The number of benzene rings is 4. The minimum Gasteiger partial charge on any atom is -0.488 e. The number of carbonyl (C=O) groups is 3. The zero-order valence-electron chi connectivity index (χ0n) is 20.7. The van der Waals surface area contributed by atoms with Gasteiger partial charge in [-0.25, -0.2) is 5.43 Å². The molecule has 3 amide bonds. The predicted molar refractivity (Wildman–Crippen MR) is 147 cm³/mol. The van der Waals surface area contributed by atoms with Crippen molar-refractivity contribution in [3.05, 3.63) is 125 Å². The van der Waals surface area contributed by atoms with Crippen molar-refractivity contribution in [2.45, 2.75) is 13.5 Å². The van der Waals surface area contributed by atoms with E-state index < -0.39 is 17.7 Å². The quantitative estimate of drug-likeness (QED) is 0.179. The highest BCUT2D eigenvalue weighted by Gasteiger charge is 2.18. The molecule has 0 aliphatic carbocycles. The second kappa shape index (κ2) is 12.6. The molecule has 4 rings (SSSR count). The number of carbonyl (C=O) groups excluding carboxylic acids is 3. The van der Waals surface area contributed by atoms with E-state index in [9.17, 15) is 14.4 Å². The molecule has 4 aromatic rings. The van der Waals surface area contributed by atoms with E-state index in [2.05, 4.69) is 21.2 Å². The number of hydrazone groups is 1. The third-order valence-corrected chi connectivity index (χ3v) is 5.46. The van der Waals surface area contributed by atoms with Gasteiger partial charge in [0.15, 0.2) is 0 Å². The Morgan fingerprint density at radius 3 is 2.24 bits per heavy atom. The van der Waals surface area contributed by atoms with Gasteiger partial charge in [-0.15, -0.1) is 0 Å². The minimum atomic E-state index is -0.988. The van der Waals surface area contributed by atoms with Crippen molar-refractivity contribution < 1.29 is 19.1 Å². The Kier molecular flexibility index (Phi) is 8.60. The Hall–Kier alpha value is -5.24. The van der Waals surface area contributed by atoms with Crippen molar-refractivity contribution in [1.29, 1.82) is 0 Å². The second-order valence-electron chi connectivity index (χ2n) is 8.33. The highest BCUT2D eigenvalue weighted by molar-refractivity contribution is 6.40. The number of hydrogen-bond acceptors (Lipinski definition) is 5. The fourth-order valence-corrected chi connectivity index (χ4v) is 3.47. The van der Waals surface area contributed by atoms with Gasteiger partial charge in [0.25, 0.3) is 5.91 Å². The Labute approximate surface area is 220 Å². The third-order valence-electron chi connectivity index (χ3n) is 5.46. The zero-order chi connectivity index (χ0) is 26.7. The fraction of sp³-hybridized carbons (Fsp3) is 0.0667. The molecule has 4 aromatic carbocycles. The molecule has 8 nitrogen and oxygen atoms in total. The molecule has 3 N–H and O–H groups in total. The van der Waals surface area contributed by atoms with Crippen molar-refractivity contribution in [1.82, 2.24) is 5.43 Å². The van der Waals surface area contributed by atoms with Crippen LogP contribution >= 0.6 is 0 Å². The first-order valence-electron chi connectivity index (χ1n) is 11.9. The number of nitrogens with one attached hydrogen (secondary N) is 3. The van der Waals surface area contributed by atoms with Crippen LogP contribution in [0.25, 0.3) is 0 Å². The van der Waals surface area contributed by atoms with Crippen LogP contribution in [0.3, 0.4) is 0 Å². The molecular formula is C30H26N4O4. The second-order valence-corrected chi connectivity index (χ2v) is 8.33. The van der Waals surface area contributed by atoms with E-state index in [1.807, 2.05) is 61.5 Å². The summed E-state index contributed by atoms with van der Waals surface area (Å²) in [5, 5.41) is 9.15. The van der Waals surface area contributed by atoms with E-state index in [1.54, 1.807) is 48.5 Å². The lowest BCUT2D eigenvalue weighted by molar-refractivity contribution is -0.136. The molecule has 0 aromatic heterocycles. The average molecular weight is 507 g/mol. The molecule has 0 fully saturated rings. The van der Waals surface area contributed by atoms with Crippen LogP contribution in [0.4, 0.5) is 11.4 Å². The fourth-order valence-electron chi connectivity index (χ4n) is 3.47. The number of amides is 3. The maximum Gasteiger partial charge on any atom is 0.329 e. The Balaban J connectivity index is 1.35. The molecule has 0 saturated carbocycles. The van der Waals surface area contributed by atoms with Gasteiger partial charge in [0, 0.05) is 11.3 Å². The van der Waals surface area contributed by atoms with E-state index in [-0.39, 0.29) is 11.3 Å². The SMILES string of the molecule is Cc1ccc(NC(=O)c2ccccc2NC(=O)C(=O)N/N=C/c2ccccc2OCc2ccccc2)cc1. The van der Waals surface area contributed by atoms with Crippen molar-refractivity contribution in [2.75, 3.05) is 10.6 Å². The van der Waals surface area contributed by atoms with Gasteiger partial charge in [0.1, 0.15) is 12.4 Å². The number of aryl methyl sites for hydroxylation is 1. The van der Waals surface area contributed by atoms with Crippen LogP contribution in [0.15, 0.2) is 108 Å². The van der Waals surface area contributed by atoms with Gasteiger partial charge in [-0.05, 0) is 48.9 Å². The first-order valence-corrected chi connectivity index (χ1v) is 11.9. The van der Waals surface area contributed by atoms with Crippen LogP contribution in [-0.4, -0.2) is 23.9 Å². The summed E-state index contributed by atoms with van der Waals surface area (Å²) in [7, 11) is 0. The summed E-state index contributed by atoms with van der Waals surface area (Å²) in [6.45, 7) is 2.32. The van der Waals surface area contributed by atoms with E-state index in [4.69, 9.17) is 4.74 Å². The highest BCUT2D eigenvalue weighted by atomic mass is 16.5. The smallest absolute Gasteiger partial charge is 0.329 e. The van der Waals surface area contributed by atoms with Crippen LogP contribution in [0.2, 0.25) is 0 Å². The molecule has 0 aliphatic heterocycles. The predicted octanol–water partition coefficient (Wildman–Crippen LogP) is 4.92. The molecule has 190 valence electrons. The molecule has 0 spiro atoms. The highest BCUT2D eigenvalue weighted by Crippen LogP contribution is 2.19. The molecule has 0 radical (unpaired) electrons. The molecular weight excluding hydrogens is 480 g/mol. The standard InChI is InChI=1S/C30H26N4O4/c1-21-15-17-24(18-16-21)32-28(35)25-12-6-7-13-26(25)33-29(36)30(37)34-31-19-23-11-5-8-14-27(23)38-20-22-9-3-2-4-10-22/h2-19H,20H2,1H3,(H,32,35)(H,33,36)(H,34,37)/b31-19+. The van der Waals surface area contributed by atoms with Crippen LogP contribution in [0.5, 0.6) is 5.75 Å². The molecule has 0 aliphatic rings. The largest absolute Gasteiger partial charge is 0.488 e. The van der Waals surface area contributed by atoms with Crippen molar-refractivity contribution >= 4 is 35.3 Å². The lowest BCUT2D eigenvalue weighted by Gasteiger charge is -2.11. The summed E-state index contributed by atoms with van der Waals surface area (Å²) in [4.78, 5) is 37.6. The molecule has 38 heavy (non-hydrogen) atoms. The summed E-state index contributed by atoms with van der Waals surface area (Å²) >= 11 is 0. The maximum atomic E-state index is 12.8. The van der Waals surface area contributed by atoms with Crippen LogP contribution in [-0.2, 0) is 16.2 Å². The lowest BCUT2D eigenvalue weighted by Crippen LogP contribution is -2.33. The van der Waals surface area contributed by atoms with Crippen molar-refractivity contribution in [3.8, 4) is 5.75 Å². The Morgan fingerprint density at radius 2 is 1.45 bits per heavy atom. The number of ether oxygens (including phenoxy) is 1. The van der Waals surface area contributed by atoms with E-state index >= 15 is 0 Å². The van der Waals surface area contributed by atoms with E-state index in [0.717, 1.165) is 11.1 Å². The molecule has 0 atom stereocenters. The van der Waals surface area contributed by atoms with Gasteiger partial charge in [0.2, 0.25) is 0 Å². The zero-order valence-corrected chi connectivity index (χ0v) is 20.7. The summed E-state index contributed by atoms with van der Waals surface area (Å²) in [5.41, 5.74) is 5.93. The van der Waals surface area contributed by atoms with Gasteiger partial charge in [0.05, 0.1) is 17.5 Å². The number of anilines is 2. The van der Waals surface area contributed by atoms with Gasteiger partial charge >= 0.3 is 11.8 Å². The molecule has 0 heterocycles. The molecule has 0 unspecified atom stereocenters. The van der Waals surface area contributed by atoms with Crippen LogP contribution < -0.4 is 20.8 Å². The topological polar surface area (TPSA) is 109 Å². The first kappa shape index (κ1) is 25.8. The van der Waals surface area contributed by atoms with Gasteiger partial charge in [-0.1, -0.05) is 72.3 Å². The van der Waals surface area contributed by atoms with Crippen molar-refractivity contribution in [3.63, 3.8) is 0 Å². The monoisotopic (exact) mass is 506 g/mol. The summed E-state index contributed by atoms with van der Waals surface area (Å²) < 4.78 is 5.87. The first-order chi connectivity index (χ1) is 18.5. The van der Waals surface area contributed by atoms with Crippen LogP contribution in [0, 0.1) is 6.92 Å². The minimum absolute atomic E-state index is 0.195. The molecule has 0 bridgehead atoms. The number of para-hydroxylation sites is 2. The third kappa shape index (κ3) is 7.14. The molecule has 8 heteroatoms. The number of rotatable bonds is 8. The van der Waals surface area contributed by atoms with Crippen LogP contribution in [0.1, 0.15) is 27.0 Å². The number of nitrogens with zero attached hydrogens (tertiary/aromatic N) is 1.